The van der Waals surface area contributed by atoms with Crippen LogP contribution >= 0.6 is 0 Å². The van der Waals surface area contributed by atoms with Gasteiger partial charge in [-0.2, -0.15) is 0 Å². The van der Waals surface area contributed by atoms with Crippen molar-refractivity contribution in [1.29, 1.82) is 0 Å². The molecular formula is C25H19FO3. The van der Waals surface area contributed by atoms with Gasteiger partial charge in [0.05, 0.1) is 5.56 Å². The molecule has 3 aromatic carbocycles. The summed E-state index contributed by atoms with van der Waals surface area (Å²) < 4.78 is 24.7. The zero-order chi connectivity index (χ0) is 20.2. The Labute approximate surface area is 168 Å². The molecule has 0 amide bonds. The molecule has 0 aliphatic carbocycles. The molecule has 1 aliphatic heterocycles. The van der Waals surface area contributed by atoms with Crippen LogP contribution in [0.3, 0.4) is 0 Å². The van der Waals surface area contributed by atoms with Gasteiger partial charge in [-0.15, -0.1) is 0 Å². The number of Topliss-reactive ketones (excluding diaryl/α,β-unsaturated/α-hetero) is 1. The fourth-order valence-electron chi connectivity index (χ4n) is 3.09. The Morgan fingerprint density at radius 3 is 2.52 bits per heavy atom. The van der Waals surface area contributed by atoms with Crippen molar-refractivity contribution in [3.05, 3.63) is 113 Å². The number of carbonyl (C=O) groups excluding carboxylic acids is 1. The van der Waals surface area contributed by atoms with Crippen LogP contribution in [0.5, 0.6) is 11.5 Å². The highest BCUT2D eigenvalue weighted by Crippen LogP contribution is 2.39. The first-order valence-corrected chi connectivity index (χ1v) is 9.28. The van der Waals surface area contributed by atoms with Crippen molar-refractivity contribution in [2.45, 2.75) is 13.5 Å². The molecular weight excluding hydrogens is 367 g/mol. The Bertz CT molecular complexity index is 1100. The van der Waals surface area contributed by atoms with Gasteiger partial charge in [0.1, 0.15) is 23.9 Å². The molecule has 0 spiro atoms. The molecule has 0 bridgehead atoms. The lowest BCUT2D eigenvalue weighted by Crippen LogP contribution is -1.98. The first kappa shape index (κ1) is 18.7. The van der Waals surface area contributed by atoms with Gasteiger partial charge in [0.2, 0.25) is 5.78 Å². The van der Waals surface area contributed by atoms with E-state index in [1.54, 1.807) is 36.4 Å². The largest absolute Gasteiger partial charge is 0.488 e. The predicted octanol–water partition coefficient (Wildman–Crippen LogP) is 5.89. The topological polar surface area (TPSA) is 35.5 Å². The number of carbonyl (C=O) groups is 1. The van der Waals surface area contributed by atoms with Crippen molar-refractivity contribution in [3.8, 4) is 11.5 Å². The van der Waals surface area contributed by atoms with Gasteiger partial charge in [0.25, 0.3) is 0 Å². The van der Waals surface area contributed by atoms with Crippen molar-refractivity contribution in [2.75, 3.05) is 0 Å². The standard InChI is InChI=1S/C25H19FO3/c1-17-22(28-16-19-10-12-20(26)13-11-19)15-14-21-24(27)23(29-25(17)21)9-5-8-18-6-3-2-4-7-18/h2-15H,16H2,1H3/b8-5+,23-9-. The minimum atomic E-state index is -0.282. The Morgan fingerprint density at radius 2 is 1.76 bits per heavy atom. The monoisotopic (exact) mass is 386 g/mol. The van der Waals surface area contributed by atoms with Gasteiger partial charge in [0.15, 0.2) is 5.76 Å². The van der Waals surface area contributed by atoms with Crippen LogP contribution in [0.1, 0.15) is 27.0 Å². The normalized spacial score (nSPS) is 14.3. The number of hydrogen-bond acceptors (Lipinski definition) is 3. The fraction of sp³-hybridized carbons (Fsp3) is 0.0800. The molecule has 3 nitrogen and oxygen atoms in total. The number of benzene rings is 3. The summed E-state index contributed by atoms with van der Waals surface area (Å²) in [4.78, 5) is 12.6. The van der Waals surface area contributed by atoms with Crippen molar-refractivity contribution >= 4 is 11.9 Å². The van der Waals surface area contributed by atoms with Crippen LogP contribution in [-0.4, -0.2) is 5.78 Å². The SMILES string of the molecule is Cc1c(OCc2ccc(F)cc2)ccc2c1O/C(=C\C=C\c1ccccc1)C2=O. The molecule has 1 aliphatic rings. The maximum Gasteiger partial charge on any atom is 0.231 e. The van der Waals surface area contributed by atoms with Gasteiger partial charge in [0, 0.05) is 5.56 Å². The number of ether oxygens (including phenoxy) is 2. The van der Waals surface area contributed by atoms with E-state index in [9.17, 15) is 9.18 Å². The molecule has 0 atom stereocenters. The van der Waals surface area contributed by atoms with Crippen LogP contribution in [0.15, 0.2) is 84.6 Å². The van der Waals surface area contributed by atoms with E-state index in [-0.39, 0.29) is 17.4 Å². The quantitative estimate of drug-likeness (QED) is 0.513. The zero-order valence-electron chi connectivity index (χ0n) is 15.9. The molecule has 4 rings (SSSR count). The van der Waals surface area contributed by atoms with Crippen molar-refractivity contribution in [2.24, 2.45) is 0 Å². The molecule has 0 N–H and O–H groups in total. The van der Waals surface area contributed by atoms with E-state index in [0.29, 0.717) is 23.7 Å². The summed E-state index contributed by atoms with van der Waals surface area (Å²) in [5, 5.41) is 0. The number of rotatable bonds is 5. The molecule has 29 heavy (non-hydrogen) atoms. The molecule has 144 valence electrons. The molecule has 0 aromatic heterocycles. The van der Waals surface area contributed by atoms with E-state index >= 15 is 0 Å². The molecule has 0 radical (unpaired) electrons. The van der Waals surface area contributed by atoms with Crippen molar-refractivity contribution in [1.82, 2.24) is 0 Å². The summed E-state index contributed by atoms with van der Waals surface area (Å²) in [7, 11) is 0. The number of fused-ring (bicyclic) bond motifs is 1. The summed E-state index contributed by atoms with van der Waals surface area (Å²) in [5.41, 5.74) is 3.18. The van der Waals surface area contributed by atoms with Gasteiger partial charge >= 0.3 is 0 Å². The Kier molecular flexibility index (Phi) is 5.25. The fourth-order valence-corrected chi connectivity index (χ4v) is 3.09. The summed E-state index contributed by atoms with van der Waals surface area (Å²) in [6.07, 6.45) is 5.39. The lowest BCUT2D eigenvalue weighted by molar-refractivity contribution is 0.101. The van der Waals surface area contributed by atoms with Gasteiger partial charge in [-0.3, -0.25) is 4.79 Å². The first-order chi connectivity index (χ1) is 14.1. The van der Waals surface area contributed by atoms with Crippen LogP contribution in [0.4, 0.5) is 4.39 Å². The highest BCUT2D eigenvalue weighted by molar-refractivity contribution is 6.12. The van der Waals surface area contributed by atoms with Gasteiger partial charge in [-0.05, 0) is 48.4 Å². The maximum absolute atomic E-state index is 13.0. The average molecular weight is 386 g/mol. The number of halogens is 1. The van der Waals surface area contributed by atoms with Crippen LogP contribution in [0.25, 0.3) is 6.08 Å². The molecule has 0 unspecified atom stereocenters. The third-order valence-corrected chi connectivity index (χ3v) is 4.68. The van der Waals surface area contributed by atoms with Gasteiger partial charge in [-0.1, -0.05) is 54.6 Å². The number of ketones is 1. The lowest BCUT2D eigenvalue weighted by Gasteiger charge is -2.11. The third-order valence-electron chi connectivity index (χ3n) is 4.68. The summed E-state index contributed by atoms with van der Waals surface area (Å²) in [5.74, 6) is 1.000. The maximum atomic E-state index is 13.0. The third kappa shape index (κ3) is 4.11. The van der Waals surface area contributed by atoms with Crippen LogP contribution in [0.2, 0.25) is 0 Å². The number of hydrogen-bond donors (Lipinski definition) is 0. The molecule has 0 saturated heterocycles. The van der Waals surface area contributed by atoms with Crippen LogP contribution < -0.4 is 9.47 Å². The van der Waals surface area contributed by atoms with E-state index in [4.69, 9.17) is 9.47 Å². The van der Waals surface area contributed by atoms with E-state index < -0.39 is 0 Å². The second kappa shape index (κ2) is 8.15. The van der Waals surface area contributed by atoms with Crippen molar-refractivity contribution < 1.29 is 18.7 Å². The first-order valence-electron chi connectivity index (χ1n) is 9.28. The van der Waals surface area contributed by atoms with E-state index in [0.717, 1.165) is 16.7 Å². The highest BCUT2D eigenvalue weighted by atomic mass is 19.1. The van der Waals surface area contributed by atoms with Gasteiger partial charge < -0.3 is 9.47 Å². The predicted molar refractivity (Wildman–Crippen MR) is 110 cm³/mol. The van der Waals surface area contributed by atoms with Crippen molar-refractivity contribution in [3.63, 3.8) is 0 Å². The Hall–Kier alpha value is -3.66. The minimum Gasteiger partial charge on any atom is -0.488 e. The summed E-state index contributed by atoms with van der Waals surface area (Å²) in [6, 6.07) is 19.5. The summed E-state index contributed by atoms with van der Waals surface area (Å²) in [6.45, 7) is 2.16. The van der Waals surface area contributed by atoms with E-state index in [1.165, 1.54) is 12.1 Å². The molecule has 3 aromatic rings. The zero-order valence-corrected chi connectivity index (χ0v) is 15.9. The second-order valence-corrected chi connectivity index (χ2v) is 6.71. The average Bonchev–Trinajstić information content (AvgIpc) is 3.06. The minimum absolute atomic E-state index is 0.147. The molecule has 1 heterocycles. The molecule has 0 fully saturated rings. The number of allylic oxidation sites excluding steroid dienone is 3. The van der Waals surface area contributed by atoms with E-state index in [1.807, 2.05) is 43.3 Å². The molecule has 4 heteroatoms. The van der Waals surface area contributed by atoms with Crippen LogP contribution in [0, 0.1) is 12.7 Å². The second-order valence-electron chi connectivity index (χ2n) is 6.71. The van der Waals surface area contributed by atoms with E-state index in [2.05, 4.69) is 0 Å². The smallest absolute Gasteiger partial charge is 0.231 e. The lowest BCUT2D eigenvalue weighted by atomic mass is 10.1. The molecule has 0 saturated carbocycles. The highest BCUT2D eigenvalue weighted by Gasteiger charge is 2.29. The Balaban J connectivity index is 1.50. The van der Waals surface area contributed by atoms with Crippen LogP contribution in [-0.2, 0) is 6.61 Å². The Morgan fingerprint density at radius 1 is 1.00 bits per heavy atom. The van der Waals surface area contributed by atoms with Gasteiger partial charge in [-0.25, -0.2) is 4.39 Å². The summed E-state index contributed by atoms with van der Waals surface area (Å²) >= 11 is 0.